The molecule has 0 radical (unpaired) electrons. The Morgan fingerprint density at radius 3 is 1.23 bits per heavy atom. The molecule has 4 nitrogen and oxygen atoms in total. The van der Waals surface area contributed by atoms with Gasteiger partial charge in [-0.1, -0.05) is 156 Å². The zero-order valence-corrected chi connectivity index (χ0v) is 36.2. The fraction of sp³-hybridized carbons (Fsp3) is 0.333. The van der Waals surface area contributed by atoms with Crippen molar-refractivity contribution in [2.45, 2.75) is 112 Å². The molecule has 5 heteroatoms. The van der Waals surface area contributed by atoms with Gasteiger partial charge in [0.15, 0.2) is 5.78 Å². The Bertz CT molecular complexity index is 2380. The van der Waals surface area contributed by atoms with Crippen molar-refractivity contribution in [1.29, 1.82) is 5.26 Å². The molecule has 286 valence electrons. The molecule has 0 bridgehead atoms. The van der Waals surface area contributed by atoms with Crippen LogP contribution in [-0.2, 0) is 26.5 Å². The summed E-state index contributed by atoms with van der Waals surface area (Å²) in [6.07, 6.45) is 1.63. The second-order valence-electron chi connectivity index (χ2n) is 19.4. The van der Waals surface area contributed by atoms with E-state index < -0.39 is 0 Å². The summed E-state index contributed by atoms with van der Waals surface area (Å²) >= 11 is 1.23. The fourth-order valence-electron chi connectivity index (χ4n) is 6.91. The van der Waals surface area contributed by atoms with Gasteiger partial charge in [-0.3, -0.25) is 4.79 Å². The second kappa shape index (κ2) is 14.7. The van der Waals surface area contributed by atoms with Gasteiger partial charge in [-0.2, -0.15) is 14.0 Å². The minimum absolute atomic E-state index is 0.0205. The maximum atomic E-state index is 11.8. The SMILES string of the molecule is CC(=O)/C(C#N)=C/c1ccc(-c2ccc(-c3cc(-c4cc(C(C)(C)C)cc(C(C)(C)C)c4)cc(-c4cc(C(C)(C)C)cc(C(C)(C)C)c4)c3)c3nsnc23)cc1. The molecule has 0 amide bonds. The number of rotatable bonds is 6. The number of carbonyl (C=O) groups excluding carboxylic acids is 1. The van der Waals surface area contributed by atoms with Crippen LogP contribution in [0.4, 0.5) is 0 Å². The van der Waals surface area contributed by atoms with Gasteiger partial charge < -0.3 is 0 Å². The van der Waals surface area contributed by atoms with E-state index in [1.54, 1.807) is 6.08 Å². The van der Waals surface area contributed by atoms with Crippen molar-refractivity contribution in [2.24, 2.45) is 0 Å². The lowest BCUT2D eigenvalue weighted by Crippen LogP contribution is -2.16. The van der Waals surface area contributed by atoms with E-state index >= 15 is 0 Å². The average Bonchev–Trinajstić information content (AvgIpc) is 3.62. The molecular weight excluding hydrogens is 703 g/mol. The van der Waals surface area contributed by atoms with Crippen molar-refractivity contribution in [3.05, 3.63) is 124 Å². The summed E-state index contributed by atoms with van der Waals surface area (Å²) in [7, 11) is 0. The Balaban J connectivity index is 1.60. The summed E-state index contributed by atoms with van der Waals surface area (Å²) in [5.74, 6) is -0.247. The Hall–Kier alpha value is -5.18. The van der Waals surface area contributed by atoms with Gasteiger partial charge in [0.2, 0.25) is 0 Å². The van der Waals surface area contributed by atoms with Crippen molar-refractivity contribution in [2.75, 3.05) is 0 Å². The van der Waals surface area contributed by atoms with Crippen molar-refractivity contribution < 1.29 is 4.79 Å². The normalized spacial score (nSPS) is 12.9. The van der Waals surface area contributed by atoms with E-state index in [0.29, 0.717) is 0 Å². The zero-order valence-electron chi connectivity index (χ0n) is 35.4. The molecule has 0 aliphatic carbocycles. The van der Waals surface area contributed by atoms with Crippen LogP contribution in [0.1, 0.15) is 118 Å². The third-order valence-electron chi connectivity index (χ3n) is 10.7. The minimum Gasteiger partial charge on any atom is -0.294 e. The lowest BCUT2D eigenvalue weighted by Gasteiger charge is -2.27. The molecule has 0 unspecified atom stereocenters. The molecule has 1 aromatic heterocycles. The molecule has 6 rings (SSSR count). The molecule has 0 aliphatic rings. The van der Waals surface area contributed by atoms with E-state index in [0.717, 1.165) is 38.9 Å². The monoisotopic (exact) mass is 757 g/mol. The number of ketones is 1. The van der Waals surface area contributed by atoms with Crippen LogP contribution in [0.5, 0.6) is 0 Å². The van der Waals surface area contributed by atoms with Gasteiger partial charge in [0, 0.05) is 11.1 Å². The highest BCUT2D eigenvalue weighted by atomic mass is 32.1. The summed E-state index contributed by atoms with van der Waals surface area (Å²) in [5.41, 5.74) is 16.7. The number of allylic oxidation sites excluding steroid dienone is 1. The number of Topliss-reactive ketones (excluding diaryl/α,β-unsaturated/α-hetero) is 1. The first-order valence-electron chi connectivity index (χ1n) is 19.5. The molecular formula is C51H55N3OS. The first-order valence-corrected chi connectivity index (χ1v) is 20.2. The molecule has 1 heterocycles. The van der Waals surface area contributed by atoms with Crippen LogP contribution < -0.4 is 0 Å². The molecule has 0 aliphatic heterocycles. The van der Waals surface area contributed by atoms with Crippen molar-refractivity contribution in [1.82, 2.24) is 8.75 Å². The van der Waals surface area contributed by atoms with Gasteiger partial charge in [-0.25, -0.2) is 0 Å². The largest absolute Gasteiger partial charge is 0.294 e. The summed E-state index contributed by atoms with van der Waals surface area (Å²) in [6, 6.07) is 35.5. The molecule has 0 N–H and O–H groups in total. The van der Waals surface area contributed by atoms with Crippen LogP contribution in [0.15, 0.2) is 96.6 Å². The second-order valence-corrected chi connectivity index (χ2v) is 19.9. The van der Waals surface area contributed by atoms with Crippen molar-refractivity contribution in [3.63, 3.8) is 0 Å². The van der Waals surface area contributed by atoms with E-state index in [2.05, 4.69) is 150 Å². The topological polar surface area (TPSA) is 66.6 Å². The maximum absolute atomic E-state index is 11.8. The summed E-state index contributed by atoms with van der Waals surface area (Å²) < 4.78 is 9.74. The number of nitriles is 1. The van der Waals surface area contributed by atoms with Crippen molar-refractivity contribution >= 4 is 34.6 Å². The van der Waals surface area contributed by atoms with Gasteiger partial charge in [-0.05, 0) is 114 Å². The van der Waals surface area contributed by atoms with Gasteiger partial charge in [0.25, 0.3) is 0 Å². The third kappa shape index (κ3) is 8.62. The van der Waals surface area contributed by atoms with Crippen LogP contribution in [0, 0.1) is 11.3 Å². The van der Waals surface area contributed by atoms with Gasteiger partial charge in [-0.15, -0.1) is 0 Å². The molecule has 0 fully saturated rings. The molecule has 0 atom stereocenters. The standard InChI is InChI=1S/C51H55N3OS/c1-31(55)39(30-52)20-32-14-16-33(17-15-32)44-18-19-45(47-46(44)53-56-54-47)38-22-34(36-24-40(48(2,3)4)28-41(25-36)49(5,6)7)21-35(23-38)37-26-42(50(8,9)10)29-43(27-37)51(11,12)13/h14-29H,1-13H3/b39-20+. The zero-order chi connectivity index (χ0) is 41.0. The van der Waals surface area contributed by atoms with Crippen molar-refractivity contribution in [3.8, 4) is 50.6 Å². The quantitative estimate of drug-likeness (QED) is 0.125. The maximum Gasteiger partial charge on any atom is 0.170 e. The number of carbonyl (C=O) groups is 1. The van der Waals surface area contributed by atoms with E-state index in [1.165, 1.54) is 63.2 Å². The number of hydrogen-bond acceptors (Lipinski definition) is 5. The van der Waals surface area contributed by atoms with Crippen LogP contribution in [-0.4, -0.2) is 14.5 Å². The van der Waals surface area contributed by atoms with E-state index in [-0.39, 0.29) is 33.0 Å². The first kappa shape index (κ1) is 40.5. The molecule has 56 heavy (non-hydrogen) atoms. The number of hydrogen-bond donors (Lipinski definition) is 0. The Morgan fingerprint density at radius 2 is 0.875 bits per heavy atom. The van der Waals surface area contributed by atoms with Crippen LogP contribution in [0.2, 0.25) is 0 Å². The van der Waals surface area contributed by atoms with Gasteiger partial charge in [0.05, 0.1) is 17.3 Å². The van der Waals surface area contributed by atoms with Gasteiger partial charge in [0.1, 0.15) is 17.1 Å². The average molecular weight is 758 g/mol. The van der Waals surface area contributed by atoms with Crippen LogP contribution in [0.3, 0.4) is 0 Å². The van der Waals surface area contributed by atoms with E-state index in [4.69, 9.17) is 8.75 Å². The molecule has 0 spiro atoms. The smallest absolute Gasteiger partial charge is 0.170 e. The van der Waals surface area contributed by atoms with E-state index in [1.807, 2.05) is 30.3 Å². The summed E-state index contributed by atoms with van der Waals surface area (Å²) in [5, 5.41) is 9.39. The predicted molar refractivity (Wildman–Crippen MR) is 238 cm³/mol. The predicted octanol–water partition coefficient (Wildman–Crippen LogP) is 14.0. The third-order valence-corrected chi connectivity index (χ3v) is 11.2. The van der Waals surface area contributed by atoms with Crippen LogP contribution in [0.25, 0.3) is 61.6 Å². The minimum atomic E-state index is -0.247. The summed E-state index contributed by atoms with van der Waals surface area (Å²) in [6.45, 7) is 28.9. The first-order chi connectivity index (χ1) is 26.0. The number of benzene rings is 5. The Kier molecular flexibility index (Phi) is 10.6. The lowest BCUT2D eigenvalue weighted by molar-refractivity contribution is -0.113. The number of aromatic nitrogens is 2. The van der Waals surface area contributed by atoms with Crippen LogP contribution >= 0.6 is 11.7 Å². The Labute approximate surface area is 338 Å². The fourth-order valence-corrected chi connectivity index (χ4v) is 7.48. The number of nitrogens with zero attached hydrogens (tertiary/aromatic N) is 3. The Morgan fingerprint density at radius 1 is 0.518 bits per heavy atom. The number of fused-ring (bicyclic) bond motifs is 1. The highest BCUT2D eigenvalue weighted by molar-refractivity contribution is 7.00. The molecule has 0 saturated carbocycles. The molecule has 5 aromatic carbocycles. The highest BCUT2D eigenvalue weighted by Crippen LogP contribution is 2.42. The van der Waals surface area contributed by atoms with Gasteiger partial charge >= 0.3 is 0 Å². The summed E-state index contributed by atoms with van der Waals surface area (Å²) in [4.78, 5) is 11.8. The highest BCUT2D eigenvalue weighted by Gasteiger charge is 2.24. The molecule has 6 aromatic rings. The van der Waals surface area contributed by atoms with E-state index in [9.17, 15) is 10.1 Å². The lowest BCUT2D eigenvalue weighted by atomic mass is 9.78. The molecule has 0 saturated heterocycles.